The van der Waals surface area contributed by atoms with Gasteiger partial charge in [0.1, 0.15) is 4.90 Å². The maximum atomic E-state index is 12.5. The van der Waals surface area contributed by atoms with Crippen LogP contribution in [0.2, 0.25) is 0 Å². The van der Waals surface area contributed by atoms with E-state index in [1.54, 1.807) is 6.92 Å². The third-order valence-electron chi connectivity index (χ3n) is 3.68. The fraction of sp³-hybridized carbons (Fsp3) is 0.727. The summed E-state index contributed by atoms with van der Waals surface area (Å²) >= 11 is 0. The minimum Gasteiger partial charge on any atom is -0.327 e. The maximum absolute atomic E-state index is 12.5. The Hall–Kier alpha value is -0.920. The van der Waals surface area contributed by atoms with E-state index in [2.05, 4.69) is 10.2 Å². The Morgan fingerprint density at radius 2 is 2.33 bits per heavy atom. The van der Waals surface area contributed by atoms with Gasteiger partial charge in [-0.1, -0.05) is 13.3 Å². The molecule has 6 nitrogen and oxygen atoms in total. The average molecular weight is 272 g/mol. The summed E-state index contributed by atoms with van der Waals surface area (Å²) in [4.78, 5) is 0.271. The highest BCUT2D eigenvalue weighted by Gasteiger charge is 2.34. The van der Waals surface area contributed by atoms with Crippen LogP contribution in [0.4, 0.5) is 0 Å². The van der Waals surface area contributed by atoms with E-state index >= 15 is 0 Å². The van der Waals surface area contributed by atoms with E-state index in [0.29, 0.717) is 25.2 Å². The standard InChI is InChI=1S/C11H20N4O2S/c1-3-9-7-15(5-4-10(9)12)18(16,17)11-6-13-14-8(11)2/h6,9-10H,3-5,7,12H2,1-2H3,(H,13,14). The fourth-order valence-electron chi connectivity index (χ4n) is 2.41. The van der Waals surface area contributed by atoms with Crippen LogP contribution in [0, 0.1) is 12.8 Å². The lowest BCUT2D eigenvalue weighted by Gasteiger charge is -2.35. The molecule has 1 aliphatic rings. The quantitative estimate of drug-likeness (QED) is 0.836. The van der Waals surface area contributed by atoms with Crippen molar-refractivity contribution in [2.45, 2.75) is 37.6 Å². The molecule has 3 N–H and O–H groups in total. The zero-order valence-electron chi connectivity index (χ0n) is 10.8. The lowest BCUT2D eigenvalue weighted by Crippen LogP contribution is -2.48. The Labute approximate surface area is 108 Å². The van der Waals surface area contributed by atoms with Crippen LogP contribution in [0.1, 0.15) is 25.5 Å². The second-order valence-electron chi connectivity index (χ2n) is 4.84. The molecule has 102 valence electrons. The molecule has 1 aromatic heterocycles. The number of piperidine rings is 1. The monoisotopic (exact) mass is 272 g/mol. The fourth-order valence-corrected chi connectivity index (χ4v) is 4.04. The summed E-state index contributed by atoms with van der Waals surface area (Å²) < 4.78 is 26.5. The van der Waals surface area contributed by atoms with Gasteiger partial charge in [-0.2, -0.15) is 9.40 Å². The number of hydrogen-bond donors (Lipinski definition) is 2. The van der Waals surface area contributed by atoms with Crippen molar-refractivity contribution in [3.05, 3.63) is 11.9 Å². The van der Waals surface area contributed by atoms with Gasteiger partial charge in [0, 0.05) is 19.1 Å². The van der Waals surface area contributed by atoms with Gasteiger partial charge in [-0.25, -0.2) is 8.42 Å². The third-order valence-corrected chi connectivity index (χ3v) is 5.66. The van der Waals surface area contributed by atoms with Crippen molar-refractivity contribution in [2.24, 2.45) is 11.7 Å². The summed E-state index contributed by atoms with van der Waals surface area (Å²) in [5.74, 6) is 0.237. The van der Waals surface area contributed by atoms with Crippen molar-refractivity contribution in [3.63, 3.8) is 0 Å². The smallest absolute Gasteiger partial charge is 0.246 e. The molecule has 0 saturated carbocycles. The van der Waals surface area contributed by atoms with E-state index in [9.17, 15) is 8.42 Å². The number of hydrogen-bond acceptors (Lipinski definition) is 4. The molecule has 2 rings (SSSR count). The number of H-pyrrole nitrogens is 1. The number of sulfonamides is 1. The number of aromatic nitrogens is 2. The van der Waals surface area contributed by atoms with Crippen LogP contribution in [-0.2, 0) is 10.0 Å². The Morgan fingerprint density at radius 3 is 2.89 bits per heavy atom. The van der Waals surface area contributed by atoms with Gasteiger partial charge in [0.15, 0.2) is 0 Å². The van der Waals surface area contributed by atoms with Gasteiger partial charge < -0.3 is 5.73 Å². The second kappa shape index (κ2) is 4.99. The van der Waals surface area contributed by atoms with Crippen molar-refractivity contribution < 1.29 is 8.42 Å². The van der Waals surface area contributed by atoms with Gasteiger partial charge in [0.25, 0.3) is 0 Å². The maximum Gasteiger partial charge on any atom is 0.246 e. The molecule has 7 heteroatoms. The SMILES string of the molecule is CCC1CN(S(=O)(=O)c2cn[nH]c2C)CCC1N. The van der Waals surface area contributed by atoms with Gasteiger partial charge >= 0.3 is 0 Å². The molecular formula is C11H20N4O2S. The average Bonchev–Trinajstić information content (AvgIpc) is 2.76. The highest BCUT2D eigenvalue weighted by molar-refractivity contribution is 7.89. The predicted octanol–water partition coefficient (Wildman–Crippen LogP) is 0.466. The summed E-state index contributed by atoms with van der Waals surface area (Å²) in [6, 6.07) is 0.104. The molecule has 0 radical (unpaired) electrons. The minimum absolute atomic E-state index is 0.104. The van der Waals surface area contributed by atoms with Gasteiger partial charge in [-0.05, 0) is 19.3 Å². The van der Waals surface area contributed by atoms with E-state index in [4.69, 9.17) is 5.73 Å². The molecule has 2 heterocycles. The number of nitrogens with zero attached hydrogens (tertiary/aromatic N) is 2. The Bertz CT molecular complexity index is 511. The molecular weight excluding hydrogens is 252 g/mol. The van der Waals surface area contributed by atoms with E-state index in [-0.39, 0.29) is 16.9 Å². The van der Waals surface area contributed by atoms with E-state index < -0.39 is 10.0 Å². The lowest BCUT2D eigenvalue weighted by molar-refractivity contribution is 0.230. The van der Waals surface area contributed by atoms with Crippen molar-refractivity contribution in [2.75, 3.05) is 13.1 Å². The summed E-state index contributed by atoms with van der Waals surface area (Å²) in [6.45, 7) is 4.76. The molecule has 2 unspecified atom stereocenters. The highest BCUT2D eigenvalue weighted by atomic mass is 32.2. The number of aromatic amines is 1. The normalized spacial score (nSPS) is 26.4. The van der Waals surface area contributed by atoms with Crippen LogP contribution in [0.15, 0.2) is 11.1 Å². The molecule has 0 aromatic carbocycles. The number of rotatable bonds is 3. The molecule has 1 saturated heterocycles. The van der Waals surface area contributed by atoms with Crippen molar-refractivity contribution in [3.8, 4) is 0 Å². The molecule has 0 aliphatic carbocycles. The Kier molecular flexibility index (Phi) is 3.74. The number of aryl methyl sites for hydroxylation is 1. The van der Waals surface area contributed by atoms with Crippen molar-refractivity contribution >= 4 is 10.0 Å². The molecule has 1 aliphatic heterocycles. The van der Waals surface area contributed by atoms with Crippen LogP contribution >= 0.6 is 0 Å². The molecule has 1 fully saturated rings. The number of nitrogens with two attached hydrogens (primary N) is 1. The summed E-state index contributed by atoms with van der Waals surface area (Å²) in [6.07, 6.45) is 2.99. The van der Waals surface area contributed by atoms with Crippen LogP contribution in [0.25, 0.3) is 0 Å². The highest BCUT2D eigenvalue weighted by Crippen LogP contribution is 2.25. The zero-order valence-corrected chi connectivity index (χ0v) is 11.6. The van der Waals surface area contributed by atoms with Crippen molar-refractivity contribution in [1.29, 1.82) is 0 Å². The Morgan fingerprint density at radius 1 is 1.61 bits per heavy atom. The first kappa shape index (κ1) is 13.5. The first-order chi connectivity index (χ1) is 8.46. The van der Waals surface area contributed by atoms with Gasteiger partial charge in [0.05, 0.1) is 11.9 Å². The summed E-state index contributed by atoms with van der Waals surface area (Å²) in [7, 11) is -3.43. The first-order valence-electron chi connectivity index (χ1n) is 6.22. The molecule has 0 spiro atoms. The first-order valence-corrected chi connectivity index (χ1v) is 7.66. The predicted molar refractivity (Wildman–Crippen MR) is 68.5 cm³/mol. The van der Waals surface area contributed by atoms with Crippen LogP contribution in [0.5, 0.6) is 0 Å². The molecule has 18 heavy (non-hydrogen) atoms. The van der Waals surface area contributed by atoms with Crippen LogP contribution < -0.4 is 5.73 Å². The lowest BCUT2D eigenvalue weighted by atomic mass is 9.92. The Balaban J connectivity index is 2.24. The molecule has 1 aromatic rings. The minimum atomic E-state index is -3.43. The zero-order chi connectivity index (χ0) is 13.3. The van der Waals surface area contributed by atoms with Gasteiger partial charge in [-0.15, -0.1) is 0 Å². The largest absolute Gasteiger partial charge is 0.327 e. The van der Waals surface area contributed by atoms with E-state index in [0.717, 1.165) is 6.42 Å². The molecule has 2 atom stereocenters. The van der Waals surface area contributed by atoms with Gasteiger partial charge in [-0.3, -0.25) is 5.10 Å². The van der Waals surface area contributed by atoms with Crippen LogP contribution in [-0.4, -0.2) is 42.1 Å². The summed E-state index contributed by atoms with van der Waals surface area (Å²) in [5.41, 5.74) is 6.58. The van der Waals surface area contributed by atoms with Crippen molar-refractivity contribution in [1.82, 2.24) is 14.5 Å². The number of nitrogens with one attached hydrogen (secondary N) is 1. The second-order valence-corrected chi connectivity index (χ2v) is 6.75. The molecule has 0 amide bonds. The third kappa shape index (κ3) is 2.30. The van der Waals surface area contributed by atoms with Crippen LogP contribution in [0.3, 0.4) is 0 Å². The molecule has 0 bridgehead atoms. The van der Waals surface area contributed by atoms with Gasteiger partial charge in [0.2, 0.25) is 10.0 Å². The topological polar surface area (TPSA) is 92.1 Å². The van der Waals surface area contributed by atoms with E-state index in [1.807, 2.05) is 6.92 Å². The summed E-state index contributed by atoms with van der Waals surface area (Å²) in [5, 5.41) is 6.45. The van der Waals surface area contributed by atoms with E-state index in [1.165, 1.54) is 10.5 Å².